The van der Waals surface area contributed by atoms with Crippen LogP contribution in [0.2, 0.25) is 0 Å². The van der Waals surface area contributed by atoms with E-state index in [1.807, 2.05) is 50.2 Å². The predicted octanol–water partition coefficient (Wildman–Crippen LogP) is 3.66. The molecule has 0 spiro atoms. The van der Waals surface area contributed by atoms with Crippen LogP contribution in [0.1, 0.15) is 32.6 Å². The molecule has 0 saturated heterocycles. The van der Waals surface area contributed by atoms with E-state index in [4.69, 9.17) is 9.47 Å². The van der Waals surface area contributed by atoms with Crippen molar-refractivity contribution >= 4 is 11.9 Å². The molecule has 25 heavy (non-hydrogen) atoms. The Kier molecular flexibility index (Phi) is 6.34. The normalized spacial score (nSPS) is 11.7. The zero-order valence-corrected chi connectivity index (χ0v) is 15.2. The van der Waals surface area contributed by atoms with Crippen molar-refractivity contribution in [3.63, 3.8) is 0 Å². The van der Waals surface area contributed by atoms with Crippen molar-refractivity contribution < 1.29 is 19.1 Å². The van der Waals surface area contributed by atoms with Crippen LogP contribution in [0.4, 0.5) is 0 Å². The number of carbonyl (C=O) groups excluding carboxylic acids is 2. The Morgan fingerprint density at radius 3 is 2.12 bits per heavy atom. The second-order valence-corrected chi connectivity index (χ2v) is 6.27. The third-order valence-electron chi connectivity index (χ3n) is 4.27. The summed E-state index contributed by atoms with van der Waals surface area (Å²) < 4.78 is 9.85. The Bertz CT molecular complexity index is 747. The summed E-state index contributed by atoms with van der Waals surface area (Å²) in [6.45, 7) is 3.94. The number of aryl methyl sites for hydroxylation is 2. The van der Waals surface area contributed by atoms with Gasteiger partial charge in [-0.25, -0.2) is 4.79 Å². The molecule has 0 fully saturated rings. The first-order valence-electron chi connectivity index (χ1n) is 8.25. The van der Waals surface area contributed by atoms with Gasteiger partial charge < -0.3 is 9.47 Å². The number of methoxy groups -OCH3 is 2. The van der Waals surface area contributed by atoms with Crippen LogP contribution < -0.4 is 0 Å². The SMILES string of the molecule is COC(=O)c1cc(C)ccc1CC(Cc1ccc(C)cc1)C(=O)OC. The van der Waals surface area contributed by atoms with Crippen molar-refractivity contribution in [1.29, 1.82) is 0 Å². The highest BCUT2D eigenvalue weighted by molar-refractivity contribution is 5.91. The van der Waals surface area contributed by atoms with Crippen molar-refractivity contribution in [2.45, 2.75) is 26.7 Å². The van der Waals surface area contributed by atoms with E-state index in [9.17, 15) is 9.59 Å². The topological polar surface area (TPSA) is 52.6 Å². The minimum absolute atomic E-state index is 0.281. The van der Waals surface area contributed by atoms with Crippen molar-refractivity contribution in [3.8, 4) is 0 Å². The van der Waals surface area contributed by atoms with Crippen LogP contribution in [0.5, 0.6) is 0 Å². The van der Waals surface area contributed by atoms with Gasteiger partial charge in [0.1, 0.15) is 0 Å². The summed E-state index contributed by atoms with van der Waals surface area (Å²) in [5.41, 5.74) is 4.50. The molecule has 2 aromatic carbocycles. The first kappa shape index (κ1) is 18.7. The minimum Gasteiger partial charge on any atom is -0.469 e. The van der Waals surface area contributed by atoms with Crippen molar-refractivity contribution in [3.05, 3.63) is 70.3 Å². The van der Waals surface area contributed by atoms with Gasteiger partial charge in [0.15, 0.2) is 0 Å². The lowest BCUT2D eigenvalue weighted by Gasteiger charge is -2.17. The van der Waals surface area contributed by atoms with Gasteiger partial charge in [0, 0.05) is 0 Å². The largest absolute Gasteiger partial charge is 0.469 e. The lowest BCUT2D eigenvalue weighted by molar-refractivity contribution is -0.145. The van der Waals surface area contributed by atoms with Gasteiger partial charge in [-0.05, 0) is 43.9 Å². The molecule has 132 valence electrons. The fourth-order valence-corrected chi connectivity index (χ4v) is 2.85. The van der Waals surface area contributed by atoms with Crippen molar-refractivity contribution in [2.24, 2.45) is 5.92 Å². The van der Waals surface area contributed by atoms with Gasteiger partial charge in [-0.3, -0.25) is 4.79 Å². The van der Waals surface area contributed by atoms with Crippen LogP contribution in [-0.4, -0.2) is 26.2 Å². The zero-order valence-electron chi connectivity index (χ0n) is 15.2. The van der Waals surface area contributed by atoms with Gasteiger partial charge in [0.05, 0.1) is 25.7 Å². The standard InChI is InChI=1S/C21H24O4/c1-14-5-8-16(9-6-14)12-18(20(22)24-3)13-17-10-7-15(2)11-19(17)21(23)25-4/h5-11,18H,12-13H2,1-4H3. The number of ether oxygens (including phenoxy) is 2. The van der Waals surface area contributed by atoms with E-state index < -0.39 is 5.97 Å². The second-order valence-electron chi connectivity index (χ2n) is 6.27. The molecule has 0 saturated carbocycles. The molecule has 1 atom stereocenters. The van der Waals surface area contributed by atoms with E-state index >= 15 is 0 Å². The smallest absolute Gasteiger partial charge is 0.338 e. The highest BCUT2D eigenvalue weighted by Gasteiger charge is 2.23. The van der Waals surface area contributed by atoms with Gasteiger partial charge in [-0.15, -0.1) is 0 Å². The molecule has 0 radical (unpaired) electrons. The summed E-state index contributed by atoms with van der Waals surface area (Å²) in [6.07, 6.45) is 0.979. The highest BCUT2D eigenvalue weighted by Crippen LogP contribution is 2.21. The molecule has 4 heteroatoms. The zero-order chi connectivity index (χ0) is 18.4. The fourth-order valence-electron chi connectivity index (χ4n) is 2.85. The predicted molar refractivity (Wildman–Crippen MR) is 96.6 cm³/mol. The van der Waals surface area contributed by atoms with E-state index in [0.29, 0.717) is 18.4 Å². The molecule has 0 heterocycles. The van der Waals surface area contributed by atoms with Crippen LogP contribution in [0, 0.1) is 19.8 Å². The number of esters is 2. The lowest BCUT2D eigenvalue weighted by atomic mass is 9.89. The average Bonchev–Trinajstić information content (AvgIpc) is 2.62. The van der Waals surface area contributed by atoms with Crippen LogP contribution in [0.25, 0.3) is 0 Å². The molecule has 0 aromatic heterocycles. The molecule has 4 nitrogen and oxygen atoms in total. The van der Waals surface area contributed by atoms with Gasteiger partial charge in [-0.2, -0.15) is 0 Å². The fraction of sp³-hybridized carbons (Fsp3) is 0.333. The number of rotatable bonds is 6. The van der Waals surface area contributed by atoms with Gasteiger partial charge >= 0.3 is 11.9 Å². The third-order valence-corrected chi connectivity index (χ3v) is 4.27. The molecule has 0 aliphatic carbocycles. The summed E-state index contributed by atoms with van der Waals surface area (Å²) in [7, 11) is 2.75. The Morgan fingerprint density at radius 2 is 1.52 bits per heavy atom. The van der Waals surface area contributed by atoms with E-state index in [1.54, 1.807) is 6.07 Å². The van der Waals surface area contributed by atoms with Gasteiger partial charge in [0.25, 0.3) is 0 Å². The quantitative estimate of drug-likeness (QED) is 0.753. The molecule has 0 N–H and O–H groups in total. The maximum Gasteiger partial charge on any atom is 0.338 e. The monoisotopic (exact) mass is 340 g/mol. The Hall–Kier alpha value is -2.62. The lowest BCUT2D eigenvalue weighted by Crippen LogP contribution is -2.22. The third kappa shape index (κ3) is 4.92. The van der Waals surface area contributed by atoms with E-state index in [1.165, 1.54) is 19.8 Å². The van der Waals surface area contributed by atoms with E-state index in [0.717, 1.165) is 16.7 Å². The summed E-state index contributed by atoms with van der Waals surface area (Å²) in [5.74, 6) is -1.03. The summed E-state index contributed by atoms with van der Waals surface area (Å²) in [4.78, 5) is 24.3. The van der Waals surface area contributed by atoms with E-state index in [-0.39, 0.29) is 11.9 Å². The Labute approximate surface area is 148 Å². The first-order chi connectivity index (χ1) is 11.9. The van der Waals surface area contributed by atoms with Crippen molar-refractivity contribution in [2.75, 3.05) is 14.2 Å². The molecule has 2 aromatic rings. The maximum absolute atomic E-state index is 12.3. The molecule has 0 aliphatic rings. The maximum atomic E-state index is 12.3. The number of carbonyl (C=O) groups is 2. The van der Waals surface area contributed by atoms with Gasteiger partial charge in [-0.1, -0.05) is 47.5 Å². The second kappa shape index (κ2) is 8.47. The molecular weight excluding hydrogens is 316 g/mol. The minimum atomic E-state index is -0.391. The highest BCUT2D eigenvalue weighted by atomic mass is 16.5. The summed E-state index contributed by atoms with van der Waals surface area (Å²) >= 11 is 0. The van der Waals surface area contributed by atoms with Gasteiger partial charge in [0.2, 0.25) is 0 Å². The Balaban J connectivity index is 2.29. The first-order valence-corrected chi connectivity index (χ1v) is 8.25. The molecule has 0 amide bonds. The number of benzene rings is 2. The van der Waals surface area contributed by atoms with Crippen LogP contribution >= 0.6 is 0 Å². The van der Waals surface area contributed by atoms with Crippen molar-refractivity contribution in [1.82, 2.24) is 0 Å². The van der Waals surface area contributed by atoms with Crippen LogP contribution in [0.15, 0.2) is 42.5 Å². The van der Waals surface area contributed by atoms with Crippen LogP contribution in [-0.2, 0) is 27.1 Å². The molecule has 0 bridgehead atoms. The Morgan fingerprint density at radius 1 is 0.880 bits per heavy atom. The molecule has 0 aliphatic heterocycles. The molecule has 2 rings (SSSR count). The number of hydrogen-bond acceptors (Lipinski definition) is 4. The molecule has 1 unspecified atom stereocenters. The summed E-state index contributed by atoms with van der Waals surface area (Å²) in [6, 6.07) is 13.7. The number of hydrogen-bond donors (Lipinski definition) is 0. The summed E-state index contributed by atoms with van der Waals surface area (Å²) in [5, 5.41) is 0. The molecular formula is C21H24O4. The average molecular weight is 340 g/mol. The van der Waals surface area contributed by atoms with E-state index in [2.05, 4.69) is 0 Å². The van der Waals surface area contributed by atoms with Crippen LogP contribution in [0.3, 0.4) is 0 Å².